The van der Waals surface area contributed by atoms with Crippen LogP contribution >= 0.6 is 0 Å². The molecule has 2 fully saturated rings. The number of aliphatic hydroxyl groups excluding tert-OH is 1. The molecule has 0 spiro atoms. The maximum absolute atomic E-state index is 11.8. The summed E-state index contributed by atoms with van der Waals surface area (Å²) in [6.07, 6.45) is 0.747. The average molecular weight is 426 g/mol. The molecule has 0 bridgehead atoms. The second-order valence-corrected chi connectivity index (χ2v) is 8.47. The van der Waals surface area contributed by atoms with Crippen molar-refractivity contribution < 1.29 is 24.1 Å². The van der Waals surface area contributed by atoms with E-state index in [0.29, 0.717) is 29.8 Å². The van der Waals surface area contributed by atoms with Crippen LogP contribution in [0.3, 0.4) is 0 Å². The second kappa shape index (κ2) is 9.71. The third-order valence-electron chi connectivity index (χ3n) is 6.37. The Morgan fingerprint density at radius 1 is 1.10 bits per heavy atom. The molecule has 2 aromatic rings. The van der Waals surface area contributed by atoms with Crippen LogP contribution in [0.25, 0.3) is 0 Å². The van der Waals surface area contributed by atoms with Crippen LogP contribution in [0.5, 0.6) is 11.5 Å². The summed E-state index contributed by atoms with van der Waals surface area (Å²) in [4.78, 5) is 14.2. The lowest BCUT2D eigenvalue weighted by molar-refractivity contribution is -0.0231. The summed E-state index contributed by atoms with van der Waals surface area (Å²) in [5.74, 6) is 2.10. The van der Waals surface area contributed by atoms with E-state index in [0.717, 1.165) is 38.2 Å². The van der Waals surface area contributed by atoms with E-state index in [1.54, 1.807) is 18.2 Å². The fourth-order valence-electron chi connectivity index (χ4n) is 4.90. The Balaban J connectivity index is 1.39. The van der Waals surface area contributed by atoms with Crippen LogP contribution < -0.4 is 9.47 Å². The molecule has 0 radical (unpaired) electrons. The van der Waals surface area contributed by atoms with E-state index in [4.69, 9.17) is 14.2 Å². The third kappa shape index (κ3) is 5.02. The number of rotatable bonds is 7. The van der Waals surface area contributed by atoms with Crippen molar-refractivity contribution in [1.82, 2.24) is 4.90 Å². The van der Waals surface area contributed by atoms with E-state index in [9.17, 15) is 9.90 Å². The zero-order chi connectivity index (χ0) is 21.8. The number of methoxy groups -OCH3 is 1. The summed E-state index contributed by atoms with van der Waals surface area (Å²) < 4.78 is 16.7. The lowest BCUT2D eigenvalue weighted by atomic mass is 9.78. The van der Waals surface area contributed by atoms with Gasteiger partial charge in [-0.1, -0.05) is 24.3 Å². The fourth-order valence-corrected chi connectivity index (χ4v) is 4.90. The number of aliphatic hydroxyl groups is 1. The summed E-state index contributed by atoms with van der Waals surface area (Å²) in [5, 5.41) is 10.7. The molecule has 4 atom stereocenters. The van der Waals surface area contributed by atoms with Crippen molar-refractivity contribution in [2.75, 3.05) is 26.8 Å². The van der Waals surface area contributed by atoms with Crippen molar-refractivity contribution in [2.24, 2.45) is 11.8 Å². The average Bonchev–Trinajstić information content (AvgIpc) is 3.16. The number of benzene rings is 2. The van der Waals surface area contributed by atoms with Gasteiger partial charge < -0.3 is 19.3 Å². The SMILES string of the molecule is CCOc1ccccc1CN1C[C@H]2C[C@@H](Oc3cccc(C(=O)OC)c3)[C@H](O)C[C@H]2C1. The number of nitrogens with zero attached hydrogens (tertiary/aromatic N) is 1. The number of ether oxygens (including phenoxy) is 3. The highest BCUT2D eigenvalue weighted by molar-refractivity contribution is 5.89. The van der Waals surface area contributed by atoms with Gasteiger partial charge in [-0.05, 0) is 55.9 Å². The Hall–Kier alpha value is -2.57. The first-order valence-electron chi connectivity index (χ1n) is 11.0. The topological polar surface area (TPSA) is 68.2 Å². The van der Waals surface area contributed by atoms with Gasteiger partial charge in [0.2, 0.25) is 0 Å². The minimum absolute atomic E-state index is 0.273. The molecule has 2 aliphatic rings. The van der Waals surface area contributed by atoms with Gasteiger partial charge in [-0.25, -0.2) is 4.79 Å². The number of carbonyl (C=O) groups is 1. The van der Waals surface area contributed by atoms with Crippen LogP contribution in [-0.4, -0.2) is 55.0 Å². The van der Waals surface area contributed by atoms with Gasteiger partial charge >= 0.3 is 5.97 Å². The van der Waals surface area contributed by atoms with E-state index in [1.807, 2.05) is 25.1 Å². The summed E-state index contributed by atoms with van der Waals surface area (Å²) >= 11 is 0. The Bertz CT molecular complexity index is 901. The van der Waals surface area contributed by atoms with E-state index >= 15 is 0 Å². The normalized spacial score (nSPS) is 25.6. The molecular weight excluding hydrogens is 394 g/mol. The molecule has 1 saturated carbocycles. The van der Waals surface area contributed by atoms with Gasteiger partial charge in [-0.2, -0.15) is 0 Å². The van der Waals surface area contributed by atoms with E-state index in [-0.39, 0.29) is 6.10 Å². The van der Waals surface area contributed by atoms with Crippen molar-refractivity contribution in [3.63, 3.8) is 0 Å². The molecule has 2 aromatic carbocycles. The van der Waals surface area contributed by atoms with Crippen LogP contribution in [0.15, 0.2) is 48.5 Å². The smallest absolute Gasteiger partial charge is 0.337 e. The minimum Gasteiger partial charge on any atom is -0.494 e. The van der Waals surface area contributed by atoms with Gasteiger partial charge in [-0.3, -0.25) is 4.90 Å². The third-order valence-corrected chi connectivity index (χ3v) is 6.37. The summed E-state index contributed by atoms with van der Waals surface area (Å²) in [5.41, 5.74) is 1.65. The lowest BCUT2D eigenvalue weighted by Crippen LogP contribution is -2.42. The maximum Gasteiger partial charge on any atom is 0.337 e. The first-order chi connectivity index (χ1) is 15.1. The number of esters is 1. The highest BCUT2D eigenvalue weighted by Gasteiger charge is 2.42. The molecule has 1 aliphatic carbocycles. The van der Waals surface area contributed by atoms with Crippen molar-refractivity contribution in [3.8, 4) is 11.5 Å². The molecule has 6 nitrogen and oxygen atoms in total. The highest BCUT2D eigenvalue weighted by atomic mass is 16.5. The molecule has 4 rings (SSSR count). The number of hydrogen-bond donors (Lipinski definition) is 1. The molecule has 0 unspecified atom stereocenters. The molecule has 1 N–H and O–H groups in total. The van der Waals surface area contributed by atoms with Crippen LogP contribution in [0.4, 0.5) is 0 Å². The Morgan fingerprint density at radius 2 is 1.87 bits per heavy atom. The van der Waals surface area contributed by atoms with Gasteiger partial charge in [0.15, 0.2) is 0 Å². The van der Waals surface area contributed by atoms with Gasteiger partial charge in [0, 0.05) is 25.2 Å². The molecule has 1 saturated heterocycles. The second-order valence-electron chi connectivity index (χ2n) is 8.47. The first kappa shape index (κ1) is 21.7. The van der Waals surface area contributed by atoms with Crippen molar-refractivity contribution in [3.05, 3.63) is 59.7 Å². The van der Waals surface area contributed by atoms with Crippen LogP contribution in [0, 0.1) is 11.8 Å². The van der Waals surface area contributed by atoms with E-state index in [1.165, 1.54) is 12.7 Å². The van der Waals surface area contributed by atoms with E-state index < -0.39 is 12.1 Å². The largest absolute Gasteiger partial charge is 0.494 e. The zero-order valence-corrected chi connectivity index (χ0v) is 18.2. The van der Waals surface area contributed by atoms with Gasteiger partial charge in [0.25, 0.3) is 0 Å². The van der Waals surface area contributed by atoms with Crippen molar-refractivity contribution >= 4 is 5.97 Å². The molecular formula is C25H31NO5. The lowest BCUT2D eigenvalue weighted by Gasteiger charge is -2.35. The number of para-hydroxylation sites is 1. The van der Waals surface area contributed by atoms with Crippen LogP contribution in [-0.2, 0) is 11.3 Å². The molecule has 0 aromatic heterocycles. The quantitative estimate of drug-likeness (QED) is 0.685. The van der Waals surface area contributed by atoms with Crippen LogP contribution in [0.2, 0.25) is 0 Å². The number of carbonyl (C=O) groups excluding carboxylic acids is 1. The zero-order valence-electron chi connectivity index (χ0n) is 18.2. The highest BCUT2D eigenvalue weighted by Crippen LogP contribution is 2.39. The van der Waals surface area contributed by atoms with Gasteiger partial charge in [0.05, 0.1) is 25.4 Å². The van der Waals surface area contributed by atoms with Crippen molar-refractivity contribution in [1.29, 1.82) is 0 Å². The Labute approximate surface area is 183 Å². The predicted octanol–water partition coefficient (Wildman–Crippen LogP) is 3.52. The molecule has 1 heterocycles. The Morgan fingerprint density at radius 3 is 2.65 bits per heavy atom. The first-order valence-corrected chi connectivity index (χ1v) is 11.0. The summed E-state index contributed by atoms with van der Waals surface area (Å²) in [7, 11) is 1.36. The molecule has 166 valence electrons. The monoisotopic (exact) mass is 425 g/mol. The fraction of sp³-hybridized carbons (Fsp3) is 0.480. The van der Waals surface area contributed by atoms with Crippen molar-refractivity contribution in [2.45, 2.75) is 38.5 Å². The number of fused-ring (bicyclic) bond motifs is 1. The molecule has 31 heavy (non-hydrogen) atoms. The van der Waals surface area contributed by atoms with Gasteiger partial charge in [0.1, 0.15) is 17.6 Å². The predicted molar refractivity (Wildman–Crippen MR) is 117 cm³/mol. The number of hydrogen-bond acceptors (Lipinski definition) is 6. The van der Waals surface area contributed by atoms with Crippen LogP contribution in [0.1, 0.15) is 35.7 Å². The standard InChI is InChI=1S/C25H31NO5/c1-3-30-23-10-5-4-7-18(23)14-26-15-19-12-22(27)24(13-20(19)16-26)31-21-9-6-8-17(11-21)25(28)29-2/h4-11,19-20,22,24,27H,3,12-16H2,1-2H3/t19-,20+,22+,24+/m0/s1. The molecule has 0 amide bonds. The van der Waals surface area contributed by atoms with E-state index in [2.05, 4.69) is 17.0 Å². The summed E-state index contributed by atoms with van der Waals surface area (Å²) in [6, 6.07) is 15.2. The molecule has 1 aliphatic heterocycles. The Kier molecular flexibility index (Phi) is 6.78. The summed E-state index contributed by atoms with van der Waals surface area (Å²) in [6.45, 7) is 5.48. The maximum atomic E-state index is 11.8. The number of likely N-dealkylation sites (tertiary alicyclic amines) is 1. The molecule has 6 heteroatoms. The van der Waals surface area contributed by atoms with Gasteiger partial charge in [-0.15, -0.1) is 0 Å². The minimum atomic E-state index is -0.515.